The van der Waals surface area contributed by atoms with Gasteiger partial charge in [0, 0.05) is 30.9 Å². The maximum atomic E-state index is 13.1. The fourth-order valence-electron chi connectivity index (χ4n) is 5.24. The number of rotatable bonds is 5. The summed E-state index contributed by atoms with van der Waals surface area (Å²) >= 11 is 6.42. The molecular formula is C25H34ClN3O3. The van der Waals surface area contributed by atoms with Crippen molar-refractivity contribution in [1.29, 1.82) is 0 Å². The number of aliphatic hydroxyl groups is 2. The highest BCUT2D eigenvalue weighted by molar-refractivity contribution is 6.35. The van der Waals surface area contributed by atoms with Crippen LogP contribution in [0, 0.1) is 11.8 Å². The average molecular weight is 460 g/mol. The topological polar surface area (TPSA) is 85.7 Å². The van der Waals surface area contributed by atoms with Crippen molar-refractivity contribution in [2.24, 2.45) is 11.8 Å². The zero-order valence-corrected chi connectivity index (χ0v) is 20.0. The van der Waals surface area contributed by atoms with Crippen molar-refractivity contribution < 1.29 is 15.0 Å². The Morgan fingerprint density at radius 3 is 2.78 bits per heavy atom. The fourth-order valence-corrected chi connectivity index (χ4v) is 5.50. The van der Waals surface area contributed by atoms with Gasteiger partial charge in [-0.05, 0) is 63.3 Å². The Kier molecular flexibility index (Phi) is 6.40. The van der Waals surface area contributed by atoms with E-state index >= 15 is 0 Å². The highest BCUT2D eigenvalue weighted by Crippen LogP contribution is 2.34. The molecule has 6 nitrogen and oxygen atoms in total. The molecule has 1 aromatic heterocycles. The third kappa shape index (κ3) is 4.87. The number of aromatic nitrogens is 1. The maximum Gasteiger partial charge on any atom is 0.253 e. The highest BCUT2D eigenvalue weighted by atomic mass is 35.5. The number of anilines is 1. The number of hydrogen-bond donors (Lipinski definition) is 3. The van der Waals surface area contributed by atoms with E-state index in [4.69, 9.17) is 16.6 Å². The lowest BCUT2D eigenvalue weighted by atomic mass is 9.79. The zero-order valence-electron chi connectivity index (χ0n) is 19.2. The van der Waals surface area contributed by atoms with E-state index in [0.29, 0.717) is 40.2 Å². The van der Waals surface area contributed by atoms with Gasteiger partial charge in [0.15, 0.2) is 0 Å². The molecule has 2 heterocycles. The first-order valence-corrected chi connectivity index (χ1v) is 12.0. The second kappa shape index (κ2) is 8.81. The van der Waals surface area contributed by atoms with E-state index in [0.717, 1.165) is 38.2 Å². The van der Waals surface area contributed by atoms with Crippen LogP contribution in [-0.4, -0.2) is 51.9 Å². The van der Waals surface area contributed by atoms with Crippen LogP contribution in [0.15, 0.2) is 24.3 Å². The van der Waals surface area contributed by atoms with Crippen molar-refractivity contribution in [3.8, 4) is 0 Å². The number of amides is 1. The number of nitrogens with zero attached hydrogens (tertiary/aromatic N) is 2. The van der Waals surface area contributed by atoms with Crippen LogP contribution in [0.4, 0.5) is 5.82 Å². The van der Waals surface area contributed by atoms with Crippen LogP contribution in [0.5, 0.6) is 0 Å². The summed E-state index contributed by atoms with van der Waals surface area (Å²) in [6, 6.07) is 7.35. The van der Waals surface area contributed by atoms with E-state index in [1.807, 2.05) is 32.0 Å². The smallest absolute Gasteiger partial charge is 0.253 e. The quantitative estimate of drug-likeness (QED) is 0.625. The van der Waals surface area contributed by atoms with E-state index in [1.54, 1.807) is 6.07 Å². The number of carbonyl (C=O) groups excluding carboxylic acids is 1. The van der Waals surface area contributed by atoms with E-state index < -0.39 is 11.2 Å². The molecule has 1 saturated heterocycles. The number of benzene rings is 1. The number of pyridine rings is 1. The largest absolute Gasteiger partial charge is 0.390 e. The predicted octanol–water partition coefficient (Wildman–Crippen LogP) is 4.16. The van der Waals surface area contributed by atoms with Gasteiger partial charge in [0.25, 0.3) is 5.91 Å². The molecule has 1 aliphatic heterocycles. The molecule has 0 spiro atoms. The third-order valence-electron chi connectivity index (χ3n) is 7.19. The van der Waals surface area contributed by atoms with Crippen molar-refractivity contribution in [3.63, 3.8) is 0 Å². The molecule has 32 heavy (non-hydrogen) atoms. The van der Waals surface area contributed by atoms with E-state index in [2.05, 4.69) is 17.1 Å². The first kappa shape index (κ1) is 23.3. The predicted molar refractivity (Wildman–Crippen MR) is 128 cm³/mol. The summed E-state index contributed by atoms with van der Waals surface area (Å²) < 4.78 is 0. The molecule has 174 valence electrons. The van der Waals surface area contributed by atoms with Crippen LogP contribution in [-0.2, 0) is 0 Å². The molecule has 1 saturated carbocycles. The molecule has 7 heteroatoms. The molecule has 2 aromatic rings. The number of nitrogens with one attached hydrogen (secondary N) is 1. The molecule has 0 unspecified atom stereocenters. The molecule has 0 bridgehead atoms. The van der Waals surface area contributed by atoms with Crippen LogP contribution < -0.4 is 10.2 Å². The van der Waals surface area contributed by atoms with Crippen LogP contribution in [0.25, 0.3) is 10.9 Å². The van der Waals surface area contributed by atoms with Crippen LogP contribution in [0.2, 0.25) is 5.02 Å². The summed E-state index contributed by atoms with van der Waals surface area (Å²) in [5.74, 6) is 1.20. The summed E-state index contributed by atoms with van der Waals surface area (Å²) in [5.41, 5.74) is -0.479. The van der Waals surface area contributed by atoms with Gasteiger partial charge in [-0.15, -0.1) is 0 Å². The standard InChI is InChI=1S/C25H34ClN3O3/c1-16-5-4-11-25(32,13-16)15-27-23(30)22-18-6-9-21(28-20(18)8-7-19(22)26)29-12-10-17(14-29)24(2,3)31/h6-9,16-17,31-32H,4-5,10-15H2,1-3H3,(H,27,30)/t16-,17-,25-/m1/s1. The minimum absolute atomic E-state index is 0.194. The summed E-state index contributed by atoms with van der Waals surface area (Å²) in [7, 11) is 0. The van der Waals surface area contributed by atoms with Crippen molar-refractivity contribution >= 4 is 34.2 Å². The molecule has 3 atom stereocenters. The summed E-state index contributed by atoms with van der Waals surface area (Å²) in [6.45, 7) is 7.66. The molecule has 2 aliphatic rings. The van der Waals surface area contributed by atoms with Crippen LogP contribution in [0.3, 0.4) is 0 Å². The second-order valence-electron chi connectivity index (χ2n) is 10.4. The summed E-state index contributed by atoms with van der Waals surface area (Å²) in [6.07, 6.45) is 4.41. The van der Waals surface area contributed by atoms with Crippen LogP contribution in [0.1, 0.15) is 63.2 Å². The molecule has 2 fully saturated rings. The normalized spacial score (nSPS) is 26.5. The minimum Gasteiger partial charge on any atom is -0.390 e. The van der Waals surface area contributed by atoms with Gasteiger partial charge in [0.05, 0.1) is 27.3 Å². The Morgan fingerprint density at radius 1 is 1.31 bits per heavy atom. The minimum atomic E-state index is -0.859. The number of carbonyl (C=O) groups is 1. The Balaban J connectivity index is 1.53. The summed E-state index contributed by atoms with van der Waals surface area (Å²) in [4.78, 5) is 20.0. The van der Waals surface area contributed by atoms with Gasteiger partial charge in [0.2, 0.25) is 0 Å². The van der Waals surface area contributed by atoms with Crippen molar-refractivity contribution in [3.05, 3.63) is 34.9 Å². The zero-order chi connectivity index (χ0) is 23.1. The Morgan fingerprint density at radius 2 is 2.09 bits per heavy atom. The van der Waals surface area contributed by atoms with Crippen LogP contribution >= 0.6 is 11.6 Å². The molecule has 1 aromatic carbocycles. The monoisotopic (exact) mass is 459 g/mol. The SMILES string of the molecule is C[C@@H]1CCC[C@](O)(CNC(=O)c2c(Cl)ccc3nc(N4CC[C@@H](C(C)(C)O)C4)ccc23)C1. The third-order valence-corrected chi connectivity index (χ3v) is 7.50. The van der Waals surface area contributed by atoms with Gasteiger partial charge in [-0.3, -0.25) is 4.79 Å². The molecule has 4 rings (SSSR count). The van der Waals surface area contributed by atoms with Gasteiger partial charge < -0.3 is 20.4 Å². The highest BCUT2D eigenvalue weighted by Gasteiger charge is 2.35. The second-order valence-corrected chi connectivity index (χ2v) is 10.8. The molecular weight excluding hydrogens is 426 g/mol. The summed E-state index contributed by atoms with van der Waals surface area (Å²) in [5, 5.41) is 25.2. The van der Waals surface area contributed by atoms with E-state index in [-0.39, 0.29) is 18.4 Å². The van der Waals surface area contributed by atoms with Gasteiger partial charge >= 0.3 is 0 Å². The maximum absolute atomic E-state index is 13.1. The fraction of sp³-hybridized carbons (Fsp3) is 0.600. The number of halogens is 1. The van der Waals surface area contributed by atoms with Crippen molar-refractivity contribution in [2.75, 3.05) is 24.5 Å². The lowest BCUT2D eigenvalue weighted by molar-refractivity contribution is -0.0109. The average Bonchev–Trinajstić information content (AvgIpc) is 3.22. The molecule has 0 radical (unpaired) electrons. The molecule has 1 amide bonds. The number of fused-ring (bicyclic) bond motifs is 1. The Hall–Kier alpha value is -1.89. The van der Waals surface area contributed by atoms with Crippen molar-refractivity contribution in [1.82, 2.24) is 10.3 Å². The van der Waals surface area contributed by atoms with E-state index in [9.17, 15) is 15.0 Å². The number of hydrogen-bond acceptors (Lipinski definition) is 5. The molecule has 3 N–H and O–H groups in total. The van der Waals surface area contributed by atoms with Gasteiger partial charge in [-0.25, -0.2) is 4.98 Å². The van der Waals surface area contributed by atoms with Gasteiger partial charge in [-0.2, -0.15) is 0 Å². The first-order chi connectivity index (χ1) is 15.1. The lowest BCUT2D eigenvalue weighted by Gasteiger charge is -2.35. The Labute approximate surface area is 195 Å². The molecule has 1 aliphatic carbocycles. The van der Waals surface area contributed by atoms with Crippen molar-refractivity contribution in [2.45, 2.75) is 64.1 Å². The lowest BCUT2D eigenvalue weighted by Crippen LogP contribution is -2.45. The Bertz CT molecular complexity index is 1010. The van der Waals surface area contributed by atoms with E-state index in [1.165, 1.54) is 0 Å². The first-order valence-electron chi connectivity index (χ1n) is 11.6. The van der Waals surface area contributed by atoms with Gasteiger partial charge in [-0.1, -0.05) is 31.4 Å². The van der Waals surface area contributed by atoms with Gasteiger partial charge in [0.1, 0.15) is 5.82 Å².